The van der Waals surface area contributed by atoms with Crippen LogP contribution >= 0.6 is 8.15 Å². The first-order valence-electron chi connectivity index (χ1n) is 9.14. The van der Waals surface area contributed by atoms with Crippen LogP contribution in [-0.2, 0) is 4.52 Å². The van der Waals surface area contributed by atoms with Gasteiger partial charge in [-0.1, -0.05) is 74.5 Å². The summed E-state index contributed by atoms with van der Waals surface area (Å²) in [5.41, 5.74) is 0.867. The molecule has 2 nitrogen and oxygen atoms in total. The van der Waals surface area contributed by atoms with Crippen molar-refractivity contribution in [2.75, 3.05) is 0 Å². The zero-order valence-corrected chi connectivity index (χ0v) is 16.5. The van der Waals surface area contributed by atoms with Crippen molar-refractivity contribution in [1.29, 1.82) is 0 Å². The molecule has 1 aliphatic heterocycles. The van der Waals surface area contributed by atoms with Gasteiger partial charge in [0.05, 0.1) is 14.2 Å². The van der Waals surface area contributed by atoms with E-state index in [0.717, 1.165) is 12.8 Å². The molecule has 132 valence electrons. The van der Waals surface area contributed by atoms with Crippen molar-refractivity contribution < 1.29 is 4.52 Å². The summed E-state index contributed by atoms with van der Waals surface area (Å²) in [6.07, 6.45) is 2.19. The van der Waals surface area contributed by atoms with Gasteiger partial charge in [-0.15, -0.1) is 0 Å². The standard InChI is InChI=1S/C22H28NOP/c1-17(2)20-15-16-21(23-20)22(3,4)24-25(18-11-7-5-8-12-18)19-13-9-6-10-14-19/h5-14,17,20H,15-16H2,1-4H3. The van der Waals surface area contributed by atoms with Gasteiger partial charge in [-0.3, -0.25) is 4.99 Å². The Balaban J connectivity index is 1.89. The normalized spacial score (nSPS) is 18.0. The van der Waals surface area contributed by atoms with E-state index in [1.165, 1.54) is 16.3 Å². The minimum atomic E-state index is -0.865. The predicted octanol–water partition coefficient (Wildman–Crippen LogP) is 5.09. The monoisotopic (exact) mass is 353 g/mol. The van der Waals surface area contributed by atoms with Gasteiger partial charge < -0.3 is 4.52 Å². The second-order valence-electron chi connectivity index (χ2n) is 7.49. The summed E-state index contributed by atoms with van der Waals surface area (Å²) >= 11 is 0. The van der Waals surface area contributed by atoms with Crippen molar-refractivity contribution in [3.63, 3.8) is 0 Å². The van der Waals surface area contributed by atoms with Crippen LogP contribution in [0.2, 0.25) is 0 Å². The highest BCUT2D eigenvalue weighted by Crippen LogP contribution is 2.42. The van der Waals surface area contributed by atoms with E-state index in [-0.39, 0.29) is 5.60 Å². The van der Waals surface area contributed by atoms with Gasteiger partial charge >= 0.3 is 0 Å². The molecular formula is C22H28NOP. The number of hydrogen-bond donors (Lipinski definition) is 0. The molecule has 3 rings (SSSR count). The first-order chi connectivity index (χ1) is 12.0. The third kappa shape index (κ3) is 4.37. The van der Waals surface area contributed by atoms with Crippen LogP contribution in [0.3, 0.4) is 0 Å². The fourth-order valence-corrected chi connectivity index (χ4v) is 5.17. The molecule has 2 aromatic rings. The molecule has 1 unspecified atom stereocenters. The van der Waals surface area contributed by atoms with Gasteiger partial charge in [-0.25, -0.2) is 0 Å². The molecular weight excluding hydrogens is 325 g/mol. The molecule has 0 bridgehead atoms. The van der Waals surface area contributed by atoms with Crippen LogP contribution in [-0.4, -0.2) is 17.4 Å². The summed E-state index contributed by atoms with van der Waals surface area (Å²) in [5.74, 6) is 0.595. The number of nitrogens with zero attached hydrogens (tertiary/aromatic N) is 1. The molecule has 0 saturated carbocycles. The molecule has 2 aromatic carbocycles. The third-order valence-corrected chi connectivity index (χ3v) is 6.94. The average Bonchev–Trinajstić information content (AvgIpc) is 3.13. The molecule has 25 heavy (non-hydrogen) atoms. The Labute approximate surface area is 153 Å². The van der Waals surface area contributed by atoms with Crippen LogP contribution in [0.4, 0.5) is 0 Å². The lowest BCUT2D eigenvalue weighted by Gasteiger charge is -2.31. The first kappa shape index (κ1) is 18.3. The minimum Gasteiger partial charge on any atom is -0.338 e. The van der Waals surface area contributed by atoms with Gasteiger partial charge in [-0.05, 0) is 32.6 Å². The number of benzene rings is 2. The summed E-state index contributed by atoms with van der Waals surface area (Å²) in [6, 6.07) is 21.6. The molecule has 0 amide bonds. The topological polar surface area (TPSA) is 21.6 Å². The van der Waals surface area contributed by atoms with E-state index in [2.05, 4.69) is 88.4 Å². The van der Waals surface area contributed by atoms with E-state index >= 15 is 0 Å². The molecule has 0 saturated heterocycles. The molecule has 0 aromatic heterocycles. The Bertz CT molecular complexity index is 670. The highest BCUT2D eigenvalue weighted by atomic mass is 31.1. The van der Waals surface area contributed by atoms with E-state index in [1.807, 2.05) is 0 Å². The van der Waals surface area contributed by atoms with Crippen LogP contribution in [0.1, 0.15) is 40.5 Å². The van der Waals surface area contributed by atoms with Gasteiger partial charge in [-0.2, -0.15) is 0 Å². The number of hydrogen-bond acceptors (Lipinski definition) is 2. The van der Waals surface area contributed by atoms with E-state index < -0.39 is 8.15 Å². The molecule has 1 aliphatic rings. The maximum Gasteiger partial charge on any atom is 0.105 e. The van der Waals surface area contributed by atoms with Crippen molar-refractivity contribution in [2.24, 2.45) is 10.9 Å². The predicted molar refractivity (Wildman–Crippen MR) is 110 cm³/mol. The second-order valence-corrected chi connectivity index (χ2v) is 9.30. The van der Waals surface area contributed by atoms with Crippen molar-refractivity contribution >= 4 is 24.5 Å². The van der Waals surface area contributed by atoms with E-state index in [4.69, 9.17) is 9.52 Å². The Morgan fingerprint density at radius 1 is 0.960 bits per heavy atom. The van der Waals surface area contributed by atoms with Gasteiger partial charge in [0.1, 0.15) is 5.60 Å². The van der Waals surface area contributed by atoms with Crippen molar-refractivity contribution in [3.8, 4) is 0 Å². The lowest BCUT2D eigenvalue weighted by molar-refractivity contribution is 0.210. The van der Waals surface area contributed by atoms with Crippen LogP contribution in [0.25, 0.3) is 0 Å². The summed E-state index contributed by atoms with van der Waals surface area (Å²) in [4.78, 5) is 5.00. The Morgan fingerprint density at radius 3 is 1.92 bits per heavy atom. The SMILES string of the molecule is CC(C)C1CCC(C(C)(C)OP(c2ccccc2)c2ccccc2)=N1. The zero-order valence-electron chi connectivity index (χ0n) is 15.6. The van der Waals surface area contributed by atoms with Crippen LogP contribution in [0, 0.1) is 5.92 Å². The van der Waals surface area contributed by atoms with Crippen molar-refractivity contribution in [2.45, 2.75) is 52.2 Å². The molecule has 1 heterocycles. The molecule has 0 aliphatic carbocycles. The van der Waals surface area contributed by atoms with Gasteiger partial charge in [0.2, 0.25) is 0 Å². The molecule has 1 atom stereocenters. The summed E-state index contributed by atoms with van der Waals surface area (Å²) in [5, 5.41) is 2.49. The van der Waals surface area contributed by atoms with E-state index in [1.54, 1.807) is 0 Å². The second kappa shape index (κ2) is 7.81. The molecule has 0 radical (unpaired) electrons. The number of rotatable bonds is 6. The van der Waals surface area contributed by atoms with Crippen molar-refractivity contribution in [1.82, 2.24) is 0 Å². The summed E-state index contributed by atoms with van der Waals surface area (Å²) < 4.78 is 6.76. The maximum absolute atomic E-state index is 6.76. The molecule has 3 heteroatoms. The van der Waals surface area contributed by atoms with Gasteiger partial charge in [0.15, 0.2) is 0 Å². The average molecular weight is 353 g/mol. The lowest BCUT2D eigenvalue weighted by Crippen LogP contribution is -2.35. The third-order valence-electron chi connectivity index (χ3n) is 4.76. The Kier molecular flexibility index (Phi) is 5.71. The molecule has 0 fully saturated rings. The molecule has 0 N–H and O–H groups in total. The van der Waals surface area contributed by atoms with Crippen LogP contribution < -0.4 is 10.6 Å². The smallest absolute Gasteiger partial charge is 0.105 e. The molecule has 0 spiro atoms. The van der Waals surface area contributed by atoms with E-state index in [0.29, 0.717) is 12.0 Å². The van der Waals surface area contributed by atoms with Crippen LogP contribution in [0.5, 0.6) is 0 Å². The fourth-order valence-electron chi connectivity index (χ4n) is 3.21. The zero-order chi connectivity index (χ0) is 17.9. The highest BCUT2D eigenvalue weighted by Gasteiger charge is 2.35. The first-order valence-corrected chi connectivity index (χ1v) is 10.4. The van der Waals surface area contributed by atoms with Crippen LogP contribution in [0.15, 0.2) is 65.7 Å². The Hall–Kier alpha value is -1.50. The highest BCUT2D eigenvalue weighted by molar-refractivity contribution is 7.68. The van der Waals surface area contributed by atoms with E-state index in [9.17, 15) is 0 Å². The largest absolute Gasteiger partial charge is 0.338 e. The lowest BCUT2D eigenvalue weighted by atomic mass is 9.98. The van der Waals surface area contributed by atoms with Gasteiger partial charge in [0, 0.05) is 16.3 Å². The fraction of sp³-hybridized carbons (Fsp3) is 0.409. The summed E-state index contributed by atoms with van der Waals surface area (Å²) in [7, 11) is -0.865. The maximum atomic E-state index is 6.76. The minimum absolute atomic E-state index is 0.346. The Morgan fingerprint density at radius 2 is 1.48 bits per heavy atom. The van der Waals surface area contributed by atoms with Gasteiger partial charge in [0.25, 0.3) is 0 Å². The van der Waals surface area contributed by atoms with Crippen molar-refractivity contribution in [3.05, 3.63) is 60.7 Å². The summed E-state index contributed by atoms with van der Waals surface area (Å²) in [6.45, 7) is 8.86. The number of aliphatic imine (C=N–C) groups is 1. The quantitative estimate of drug-likeness (QED) is 0.663.